The number of carbonyl (C=O) groups is 2. The molecule has 126 valence electrons. The molecule has 0 fully saturated rings. The van der Waals surface area contributed by atoms with Crippen LogP contribution in [0.2, 0.25) is 0 Å². The molecule has 6 nitrogen and oxygen atoms in total. The Morgan fingerprint density at radius 3 is 2.71 bits per heavy atom. The average Bonchev–Trinajstić information content (AvgIpc) is 3.08. The summed E-state index contributed by atoms with van der Waals surface area (Å²) in [7, 11) is 0. The van der Waals surface area contributed by atoms with E-state index in [1.165, 1.54) is 0 Å². The number of amides is 1. The maximum atomic E-state index is 12.8. The Morgan fingerprint density at radius 2 is 2.08 bits per heavy atom. The zero-order valence-electron chi connectivity index (χ0n) is 13.9. The largest absolute Gasteiger partial charge is 0.481 e. The van der Waals surface area contributed by atoms with E-state index in [0.29, 0.717) is 11.3 Å². The van der Waals surface area contributed by atoms with E-state index in [-0.39, 0.29) is 24.8 Å². The van der Waals surface area contributed by atoms with Gasteiger partial charge in [-0.25, -0.2) is 0 Å². The molecular formula is C18H20N2O4. The number of fused-ring (bicyclic) bond motifs is 1. The molecule has 2 unspecified atom stereocenters. The Bertz CT molecular complexity index is 777. The number of carboxylic acid groups (broad SMARTS) is 1. The molecular weight excluding hydrogens is 308 g/mol. The summed E-state index contributed by atoms with van der Waals surface area (Å²) in [6.45, 7) is 5.84. The lowest BCUT2D eigenvalue weighted by atomic mass is 9.95. The molecule has 1 N–H and O–H groups in total. The van der Waals surface area contributed by atoms with E-state index >= 15 is 0 Å². The second kappa shape index (κ2) is 6.11. The van der Waals surface area contributed by atoms with Crippen LogP contribution in [0.1, 0.15) is 47.8 Å². The number of rotatable bonds is 4. The summed E-state index contributed by atoms with van der Waals surface area (Å²) in [6.07, 6.45) is 0.281. The van der Waals surface area contributed by atoms with E-state index in [1.807, 2.05) is 26.8 Å². The van der Waals surface area contributed by atoms with Crippen molar-refractivity contribution in [3.8, 4) is 0 Å². The van der Waals surface area contributed by atoms with E-state index < -0.39 is 11.9 Å². The highest BCUT2D eigenvalue weighted by Gasteiger charge is 2.36. The third-order valence-corrected chi connectivity index (χ3v) is 4.63. The second-order valence-electron chi connectivity index (χ2n) is 6.30. The fourth-order valence-corrected chi connectivity index (χ4v) is 3.52. The molecule has 2 heterocycles. The van der Waals surface area contributed by atoms with Crippen LogP contribution in [0.25, 0.3) is 0 Å². The highest BCUT2D eigenvalue weighted by atomic mass is 16.5. The summed E-state index contributed by atoms with van der Waals surface area (Å²) in [5.74, 6) is -0.979. The first-order valence-electron chi connectivity index (χ1n) is 7.95. The van der Waals surface area contributed by atoms with Gasteiger partial charge in [0.15, 0.2) is 0 Å². The molecule has 0 aliphatic carbocycles. The number of anilines is 1. The first-order valence-corrected chi connectivity index (χ1v) is 7.95. The van der Waals surface area contributed by atoms with Crippen molar-refractivity contribution in [1.82, 2.24) is 5.16 Å². The molecule has 0 bridgehead atoms. The molecule has 1 aromatic heterocycles. The monoisotopic (exact) mass is 328 g/mol. The van der Waals surface area contributed by atoms with Gasteiger partial charge in [-0.2, -0.15) is 0 Å². The maximum absolute atomic E-state index is 12.8. The van der Waals surface area contributed by atoms with Crippen molar-refractivity contribution < 1.29 is 19.2 Å². The van der Waals surface area contributed by atoms with Crippen LogP contribution in [0.5, 0.6) is 0 Å². The first-order chi connectivity index (χ1) is 11.4. The third kappa shape index (κ3) is 2.68. The summed E-state index contributed by atoms with van der Waals surface area (Å²) in [4.78, 5) is 25.8. The van der Waals surface area contributed by atoms with Gasteiger partial charge in [-0.15, -0.1) is 0 Å². The van der Waals surface area contributed by atoms with Crippen LogP contribution in [0.4, 0.5) is 5.69 Å². The fourth-order valence-electron chi connectivity index (χ4n) is 3.52. The van der Waals surface area contributed by atoms with Crippen LogP contribution in [0.15, 0.2) is 28.8 Å². The van der Waals surface area contributed by atoms with Crippen LogP contribution in [-0.2, 0) is 9.59 Å². The second-order valence-corrected chi connectivity index (χ2v) is 6.30. The highest BCUT2D eigenvalue weighted by molar-refractivity contribution is 5.99. The lowest BCUT2D eigenvalue weighted by Crippen LogP contribution is -2.32. The molecule has 0 spiro atoms. The Labute approximate surface area is 140 Å². The molecule has 3 rings (SSSR count). The van der Waals surface area contributed by atoms with Gasteiger partial charge in [0.25, 0.3) is 0 Å². The predicted octanol–water partition coefficient (Wildman–Crippen LogP) is 3.00. The summed E-state index contributed by atoms with van der Waals surface area (Å²) in [6, 6.07) is 7.20. The normalized spacial score (nSPS) is 17.6. The number of benzene rings is 1. The van der Waals surface area contributed by atoms with E-state index in [9.17, 15) is 14.7 Å². The third-order valence-electron chi connectivity index (χ3n) is 4.63. The number of aliphatic carboxylic acids is 1. The number of aromatic nitrogens is 1. The van der Waals surface area contributed by atoms with Crippen LogP contribution in [0, 0.1) is 13.8 Å². The number of para-hydroxylation sites is 1. The van der Waals surface area contributed by atoms with E-state index in [4.69, 9.17) is 4.52 Å². The van der Waals surface area contributed by atoms with Gasteiger partial charge in [0, 0.05) is 24.2 Å². The molecule has 0 saturated carbocycles. The van der Waals surface area contributed by atoms with Crippen LogP contribution in [-0.4, -0.2) is 28.7 Å². The SMILES string of the molecule is Cc1noc(C)c1C(C)CC(=O)N1CC(C(=O)O)c2ccccc21. The summed E-state index contributed by atoms with van der Waals surface area (Å²) >= 11 is 0. The van der Waals surface area contributed by atoms with Crippen molar-refractivity contribution >= 4 is 17.6 Å². The molecule has 1 aromatic carbocycles. The van der Waals surface area contributed by atoms with Crippen molar-refractivity contribution in [3.05, 3.63) is 46.8 Å². The van der Waals surface area contributed by atoms with Gasteiger partial charge in [-0.1, -0.05) is 30.3 Å². The summed E-state index contributed by atoms with van der Waals surface area (Å²) in [5.41, 5.74) is 3.13. The smallest absolute Gasteiger partial charge is 0.312 e. The van der Waals surface area contributed by atoms with E-state index in [2.05, 4.69) is 5.16 Å². The van der Waals surface area contributed by atoms with Gasteiger partial charge >= 0.3 is 5.97 Å². The minimum absolute atomic E-state index is 0.0419. The van der Waals surface area contributed by atoms with Crippen molar-refractivity contribution in [2.75, 3.05) is 11.4 Å². The summed E-state index contributed by atoms with van der Waals surface area (Å²) < 4.78 is 5.18. The zero-order valence-corrected chi connectivity index (χ0v) is 13.9. The van der Waals surface area contributed by atoms with Gasteiger partial charge in [0.1, 0.15) is 11.7 Å². The fraction of sp³-hybridized carbons (Fsp3) is 0.389. The zero-order chi connectivity index (χ0) is 17.4. The van der Waals surface area contributed by atoms with Crippen LogP contribution >= 0.6 is 0 Å². The number of aryl methyl sites for hydroxylation is 2. The lowest BCUT2D eigenvalue weighted by molar-refractivity contribution is -0.138. The molecule has 1 aliphatic rings. The topological polar surface area (TPSA) is 83.6 Å². The minimum Gasteiger partial charge on any atom is -0.481 e. The molecule has 6 heteroatoms. The minimum atomic E-state index is -0.906. The highest BCUT2D eigenvalue weighted by Crippen LogP contribution is 2.37. The van der Waals surface area contributed by atoms with E-state index in [0.717, 1.165) is 17.0 Å². The standard InChI is InChI=1S/C18H20N2O4/c1-10(17-11(2)19-24-12(17)3)8-16(21)20-9-14(18(22)23)13-6-4-5-7-15(13)20/h4-7,10,14H,8-9H2,1-3H3,(H,22,23). The summed E-state index contributed by atoms with van der Waals surface area (Å²) in [5, 5.41) is 13.3. The number of carboxylic acids is 1. The molecule has 24 heavy (non-hydrogen) atoms. The Hall–Kier alpha value is -2.63. The molecule has 1 amide bonds. The van der Waals surface area contributed by atoms with Crippen molar-refractivity contribution in [1.29, 1.82) is 0 Å². The van der Waals surface area contributed by atoms with E-state index in [1.54, 1.807) is 23.1 Å². The first kappa shape index (κ1) is 16.2. The Kier molecular flexibility index (Phi) is 4.13. The number of hydrogen-bond acceptors (Lipinski definition) is 4. The molecule has 0 saturated heterocycles. The number of carbonyl (C=O) groups excluding carboxylic acids is 1. The van der Waals surface area contributed by atoms with Crippen LogP contribution < -0.4 is 4.90 Å². The van der Waals surface area contributed by atoms with Crippen molar-refractivity contribution in [2.45, 2.75) is 39.0 Å². The lowest BCUT2D eigenvalue weighted by Gasteiger charge is -2.20. The average molecular weight is 328 g/mol. The van der Waals surface area contributed by atoms with Gasteiger partial charge in [0.2, 0.25) is 5.91 Å². The van der Waals surface area contributed by atoms with Crippen molar-refractivity contribution in [2.24, 2.45) is 0 Å². The number of hydrogen-bond donors (Lipinski definition) is 1. The Balaban J connectivity index is 1.82. The molecule has 0 radical (unpaired) electrons. The van der Waals surface area contributed by atoms with Gasteiger partial charge in [-0.3, -0.25) is 9.59 Å². The quantitative estimate of drug-likeness (QED) is 0.933. The van der Waals surface area contributed by atoms with Gasteiger partial charge < -0.3 is 14.5 Å². The predicted molar refractivity (Wildman–Crippen MR) is 88.2 cm³/mol. The molecule has 2 atom stereocenters. The Morgan fingerprint density at radius 1 is 1.38 bits per heavy atom. The number of nitrogens with zero attached hydrogens (tertiary/aromatic N) is 2. The van der Waals surface area contributed by atoms with Crippen molar-refractivity contribution in [3.63, 3.8) is 0 Å². The maximum Gasteiger partial charge on any atom is 0.312 e. The molecule has 1 aliphatic heterocycles. The van der Waals surface area contributed by atoms with Gasteiger partial charge in [0.05, 0.1) is 5.69 Å². The molecule has 2 aromatic rings. The van der Waals surface area contributed by atoms with Gasteiger partial charge in [-0.05, 0) is 31.4 Å². The van der Waals surface area contributed by atoms with Crippen LogP contribution in [0.3, 0.4) is 0 Å².